The third-order valence-corrected chi connectivity index (χ3v) is 11.4. The Kier molecular flexibility index (Phi) is 34.6. The van der Waals surface area contributed by atoms with Crippen LogP contribution in [-0.4, -0.2) is 39.5 Å². The summed E-state index contributed by atoms with van der Waals surface area (Å²) in [6, 6.07) is 0. The standard InChI is InChI=1S/C51H104O4/c1-12-13-14-15-25-32-39-47(46-52-11)51(53-43-36-29-22-16-19-26-33-40-48(2,3)4,54-44-37-30-23-17-20-27-34-41-49(5,6)7)55-45-38-31-24-18-21-28-35-42-50(8,9)10/h47H,12-46H2,1-11H3. The second kappa shape index (κ2) is 34.7. The van der Waals surface area contributed by atoms with E-state index in [2.05, 4.69) is 69.2 Å². The fourth-order valence-corrected chi connectivity index (χ4v) is 7.78. The maximum absolute atomic E-state index is 6.90. The van der Waals surface area contributed by atoms with Crippen molar-refractivity contribution >= 4 is 0 Å². The van der Waals surface area contributed by atoms with E-state index < -0.39 is 5.97 Å². The molecule has 332 valence electrons. The monoisotopic (exact) mass is 781 g/mol. The van der Waals surface area contributed by atoms with Gasteiger partial charge in [-0.1, -0.05) is 223 Å². The van der Waals surface area contributed by atoms with Gasteiger partial charge in [0, 0.05) is 7.11 Å². The van der Waals surface area contributed by atoms with E-state index in [-0.39, 0.29) is 5.92 Å². The van der Waals surface area contributed by atoms with Gasteiger partial charge < -0.3 is 18.9 Å². The lowest BCUT2D eigenvalue weighted by Gasteiger charge is -2.39. The SMILES string of the molecule is CCCCCCCCC(COC)C(OCCCCCCCCCC(C)(C)C)(OCCCCCCCCCC(C)(C)C)OCCCCCCCCCC(C)(C)C. The number of methoxy groups -OCH3 is 1. The van der Waals surface area contributed by atoms with Crippen molar-refractivity contribution in [1.82, 2.24) is 0 Å². The molecule has 1 atom stereocenters. The number of hydrogen-bond donors (Lipinski definition) is 0. The first kappa shape index (κ1) is 54.8. The van der Waals surface area contributed by atoms with E-state index in [0.717, 1.165) is 25.7 Å². The van der Waals surface area contributed by atoms with Crippen LogP contribution in [0, 0.1) is 22.2 Å². The Morgan fingerprint density at radius 3 is 0.909 bits per heavy atom. The van der Waals surface area contributed by atoms with Crippen LogP contribution in [0.3, 0.4) is 0 Å². The predicted molar refractivity (Wildman–Crippen MR) is 243 cm³/mol. The number of unbranched alkanes of at least 4 members (excludes halogenated alkanes) is 23. The van der Waals surface area contributed by atoms with Crippen LogP contribution in [0.5, 0.6) is 0 Å². The molecule has 0 aromatic rings. The second-order valence-corrected chi connectivity index (χ2v) is 21.2. The Hall–Kier alpha value is -0.160. The van der Waals surface area contributed by atoms with E-state index in [1.807, 2.05) is 7.11 Å². The zero-order valence-electron chi connectivity index (χ0n) is 40.0. The fourth-order valence-electron chi connectivity index (χ4n) is 7.78. The number of ether oxygens (including phenoxy) is 4. The van der Waals surface area contributed by atoms with Gasteiger partial charge in [0.05, 0.1) is 32.3 Å². The molecule has 55 heavy (non-hydrogen) atoms. The molecule has 0 aromatic heterocycles. The minimum absolute atomic E-state index is 0.0807. The van der Waals surface area contributed by atoms with E-state index in [9.17, 15) is 0 Å². The van der Waals surface area contributed by atoms with Gasteiger partial charge >= 0.3 is 0 Å². The summed E-state index contributed by atoms with van der Waals surface area (Å²) < 4.78 is 26.6. The molecule has 0 spiro atoms. The van der Waals surface area contributed by atoms with Gasteiger partial charge in [-0.15, -0.1) is 0 Å². The van der Waals surface area contributed by atoms with Crippen LogP contribution in [-0.2, 0) is 18.9 Å². The van der Waals surface area contributed by atoms with Gasteiger partial charge in [-0.3, -0.25) is 0 Å². The molecule has 0 aromatic carbocycles. The van der Waals surface area contributed by atoms with Gasteiger partial charge in [-0.25, -0.2) is 0 Å². The van der Waals surface area contributed by atoms with E-state index in [1.54, 1.807) is 0 Å². The van der Waals surface area contributed by atoms with E-state index in [1.165, 1.54) is 173 Å². The van der Waals surface area contributed by atoms with Crippen molar-refractivity contribution in [3.8, 4) is 0 Å². The van der Waals surface area contributed by atoms with Crippen LogP contribution >= 0.6 is 0 Å². The molecule has 0 rings (SSSR count). The third kappa shape index (κ3) is 37.8. The molecule has 4 nitrogen and oxygen atoms in total. The van der Waals surface area contributed by atoms with Crippen molar-refractivity contribution < 1.29 is 18.9 Å². The zero-order chi connectivity index (χ0) is 41.2. The molecule has 0 saturated heterocycles. The normalized spacial score (nSPS) is 13.6. The third-order valence-electron chi connectivity index (χ3n) is 11.4. The Balaban J connectivity index is 5.34. The highest BCUT2D eigenvalue weighted by Gasteiger charge is 2.42. The highest BCUT2D eigenvalue weighted by Crippen LogP contribution is 2.33. The Labute approximate surface area is 347 Å². The summed E-state index contributed by atoms with van der Waals surface area (Å²) in [5.41, 5.74) is 1.38. The Bertz CT molecular complexity index is 704. The van der Waals surface area contributed by atoms with Crippen LogP contribution in [0.2, 0.25) is 0 Å². The summed E-state index contributed by atoms with van der Waals surface area (Å²) in [6.45, 7) is 26.3. The first-order valence-electron chi connectivity index (χ1n) is 24.5. The van der Waals surface area contributed by atoms with Crippen molar-refractivity contribution in [2.75, 3.05) is 33.5 Å². The topological polar surface area (TPSA) is 36.9 Å². The highest BCUT2D eigenvalue weighted by molar-refractivity contribution is 4.74. The van der Waals surface area contributed by atoms with Gasteiger partial charge in [0.2, 0.25) is 0 Å². The number of rotatable bonds is 40. The predicted octanol–water partition coefficient (Wildman–Crippen LogP) is 17.2. The molecular formula is C51H104O4. The average Bonchev–Trinajstić information content (AvgIpc) is 3.09. The highest BCUT2D eigenvalue weighted by atomic mass is 16.9. The first-order valence-corrected chi connectivity index (χ1v) is 24.5. The average molecular weight is 781 g/mol. The van der Waals surface area contributed by atoms with Crippen molar-refractivity contribution in [3.05, 3.63) is 0 Å². The van der Waals surface area contributed by atoms with Gasteiger partial charge in [-0.05, 0) is 61.2 Å². The van der Waals surface area contributed by atoms with Crippen LogP contribution < -0.4 is 0 Å². The Morgan fingerprint density at radius 2 is 0.618 bits per heavy atom. The lowest BCUT2D eigenvalue weighted by atomic mass is 9.89. The van der Waals surface area contributed by atoms with Crippen LogP contribution in [0.25, 0.3) is 0 Å². The molecular weight excluding hydrogens is 677 g/mol. The summed E-state index contributed by atoms with van der Waals surface area (Å²) >= 11 is 0. The molecule has 0 aliphatic heterocycles. The number of hydrogen-bond acceptors (Lipinski definition) is 4. The quantitative estimate of drug-likeness (QED) is 0.0458. The van der Waals surface area contributed by atoms with Crippen LogP contribution in [0.4, 0.5) is 0 Å². The molecule has 0 aliphatic carbocycles. The van der Waals surface area contributed by atoms with Gasteiger partial charge in [-0.2, -0.15) is 0 Å². The lowest BCUT2D eigenvalue weighted by molar-refractivity contribution is -0.409. The van der Waals surface area contributed by atoms with Gasteiger partial charge in [0.25, 0.3) is 5.97 Å². The molecule has 0 fully saturated rings. The maximum Gasteiger partial charge on any atom is 0.288 e. The minimum Gasteiger partial charge on any atom is -0.384 e. The molecule has 1 unspecified atom stereocenters. The van der Waals surface area contributed by atoms with Gasteiger partial charge in [0.1, 0.15) is 0 Å². The van der Waals surface area contributed by atoms with Crippen molar-refractivity contribution in [3.63, 3.8) is 0 Å². The summed E-state index contributed by atoms with van der Waals surface area (Å²) in [6.07, 6.45) is 39.7. The smallest absolute Gasteiger partial charge is 0.288 e. The minimum atomic E-state index is -1.01. The summed E-state index contributed by atoms with van der Waals surface area (Å²) in [7, 11) is 1.84. The van der Waals surface area contributed by atoms with E-state index in [4.69, 9.17) is 18.9 Å². The van der Waals surface area contributed by atoms with Crippen LogP contribution in [0.15, 0.2) is 0 Å². The zero-order valence-corrected chi connectivity index (χ0v) is 40.0. The first-order chi connectivity index (χ1) is 26.1. The summed E-state index contributed by atoms with van der Waals surface area (Å²) in [5, 5.41) is 0. The fraction of sp³-hybridized carbons (Fsp3) is 1.00. The molecule has 4 heteroatoms. The largest absolute Gasteiger partial charge is 0.384 e. The van der Waals surface area contributed by atoms with Crippen molar-refractivity contribution in [2.24, 2.45) is 22.2 Å². The summed E-state index contributed by atoms with van der Waals surface area (Å²) in [4.78, 5) is 0. The second-order valence-electron chi connectivity index (χ2n) is 21.2. The maximum atomic E-state index is 6.90. The Morgan fingerprint density at radius 1 is 0.345 bits per heavy atom. The molecule has 0 radical (unpaired) electrons. The van der Waals surface area contributed by atoms with Crippen molar-refractivity contribution in [2.45, 2.75) is 274 Å². The van der Waals surface area contributed by atoms with E-state index >= 15 is 0 Å². The molecule has 0 bridgehead atoms. The van der Waals surface area contributed by atoms with Crippen LogP contribution in [0.1, 0.15) is 268 Å². The van der Waals surface area contributed by atoms with E-state index in [0.29, 0.717) is 42.7 Å². The lowest BCUT2D eigenvalue weighted by Crippen LogP contribution is -2.49. The molecule has 0 N–H and O–H groups in total. The molecule has 0 saturated carbocycles. The van der Waals surface area contributed by atoms with Crippen molar-refractivity contribution in [1.29, 1.82) is 0 Å². The molecule has 0 heterocycles. The van der Waals surface area contributed by atoms with Gasteiger partial charge in [0.15, 0.2) is 0 Å². The molecule has 0 aliphatic rings. The molecule has 0 amide bonds. The summed E-state index contributed by atoms with van der Waals surface area (Å²) in [5.74, 6) is -0.927.